The highest BCUT2D eigenvalue weighted by atomic mass is 16.6. The largest absolute Gasteiger partial charge is 0.462 e. The van der Waals surface area contributed by atoms with Crippen LogP contribution in [0.5, 0.6) is 0 Å². The Balaban J connectivity index is 3.91. The SMILES string of the molecule is CCCCCCCCCCCCCCCCCCCCCCCC(=O)OCC(COC(=O)CCCCCCC)OC(=O)CCCCCCC. The molecule has 0 rings (SSSR count). The Hall–Kier alpha value is -1.59. The molecule has 0 fully saturated rings. The van der Waals surface area contributed by atoms with Gasteiger partial charge in [0.1, 0.15) is 13.2 Å². The molecule has 0 aliphatic rings. The zero-order valence-electron chi connectivity index (χ0n) is 33.0. The molecule has 0 spiro atoms. The van der Waals surface area contributed by atoms with Gasteiger partial charge in [0, 0.05) is 19.3 Å². The van der Waals surface area contributed by atoms with Gasteiger partial charge in [0.25, 0.3) is 0 Å². The van der Waals surface area contributed by atoms with Crippen LogP contribution in [-0.4, -0.2) is 37.2 Å². The van der Waals surface area contributed by atoms with E-state index >= 15 is 0 Å². The molecule has 0 radical (unpaired) electrons. The Morgan fingerprint density at radius 2 is 0.551 bits per heavy atom. The second-order valence-electron chi connectivity index (χ2n) is 14.6. The standard InChI is InChI=1S/C43H82O6/c1-4-7-10-13-14-15-16-17-18-19-20-21-22-23-24-25-26-27-28-31-33-36-42(45)48-39-40(49-43(46)37-34-30-12-9-6-3)38-47-41(44)35-32-29-11-8-5-2/h40H,4-39H2,1-3H3. The summed E-state index contributed by atoms with van der Waals surface area (Å²) in [4.78, 5) is 37.0. The molecule has 0 heterocycles. The van der Waals surface area contributed by atoms with E-state index in [9.17, 15) is 14.4 Å². The summed E-state index contributed by atoms with van der Waals surface area (Å²) in [6, 6.07) is 0. The number of ether oxygens (including phenoxy) is 3. The maximum absolute atomic E-state index is 12.4. The number of unbranched alkanes of at least 4 members (excludes halogenated alkanes) is 28. The van der Waals surface area contributed by atoms with Crippen molar-refractivity contribution in [1.29, 1.82) is 0 Å². The summed E-state index contributed by atoms with van der Waals surface area (Å²) in [7, 11) is 0. The Labute approximate surface area is 304 Å². The first-order chi connectivity index (χ1) is 24.0. The number of carbonyl (C=O) groups is 3. The van der Waals surface area contributed by atoms with Crippen LogP contribution in [0.2, 0.25) is 0 Å². The van der Waals surface area contributed by atoms with E-state index in [4.69, 9.17) is 14.2 Å². The Morgan fingerprint density at radius 3 is 0.816 bits per heavy atom. The van der Waals surface area contributed by atoms with E-state index in [1.54, 1.807) is 0 Å². The average Bonchev–Trinajstić information content (AvgIpc) is 3.09. The quantitative estimate of drug-likeness (QED) is 0.0362. The molecule has 6 heteroatoms. The van der Waals surface area contributed by atoms with Gasteiger partial charge in [-0.3, -0.25) is 14.4 Å². The van der Waals surface area contributed by atoms with E-state index in [-0.39, 0.29) is 31.1 Å². The third kappa shape index (κ3) is 37.5. The van der Waals surface area contributed by atoms with Crippen LogP contribution in [0.1, 0.15) is 239 Å². The molecule has 0 aromatic heterocycles. The van der Waals surface area contributed by atoms with Crippen molar-refractivity contribution in [2.24, 2.45) is 0 Å². The molecule has 0 aliphatic heterocycles. The fraction of sp³-hybridized carbons (Fsp3) is 0.930. The third-order valence-corrected chi connectivity index (χ3v) is 9.61. The van der Waals surface area contributed by atoms with Crippen molar-refractivity contribution in [1.82, 2.24) is 0 Å². The van der Waals surface area contributed by atoms with E-state index in [2.05, 4.69) is 20.8 Å². The van der Waals surface area contributed by atoms with Crippen molar-refractivity contribution in [3.05, 3.63) is 0 Å². The van der Waals surface area contributed by atoms with Gasteiger partial charge >= 0.3 is 17.9 Å². The van der Waals surface area contributed by atoms with Gasteiger partial charge < -0.3 is 14.2 Å². The molecule has 0 aliphatic carbocycles. The van der Waals surface area contributed by atoms with Gasteiger partial charge in [-0.05, 0) is 19.3 Å². The summed E-state index contributed by atoms with van der Waals surface area (Å²) in [5.74, 6) is -0.888. The highest BCUT2D eigenvalue weighted by Gasteiger charge is 2.19. The van der Waals surface area contributed by atoms with Gasteiger partial charge in [-0.2, -0.15) is 0 Å². The lowest BCUT2D eigenvalue weighted by Crippen LogP contribution is -2.30. The molecule has 1 atom stereocenters. The molecule has 49 heavy (non-hydrogen) atoms. The maximum atomic E-state index is 12.4. The van der Waals surface area contributed by atoms with Gasteiger partial charge in [-0.25, -0.2) is 0 Å². The molecule has 0 aromatic carbocycles. The molecule has 6 nitrogen and oxygen atoms in total. The Bertz CT molecular complexity index is 723. The fourth-order valence-corrected chi connectivity index (χ4v) is 6.32. The first-order valence-electron chi connectivity index (χ1n) is 21.5. The summed E-state index contributed by atoms with van der Waals surface area (Å²) < 4.78 is 16.4. The summed E-state index contributed by atoms with van der Waals surface area (Å²) in [6.07, 6.45) is 38.8. The monoisotopic (exact) mass is 695 g/mol. The van der Waals surface area contributed by atoms with Gasteiger partial charge in [-0.1, -0.05) is 201 Å². The molecule has 0 amide bonds. The second kappa shape index (κ2) is 39.2. The normalized spacial score (nSPS) is 11.8. The number of carbonyl (C=O) groups excluding carboxylic acids is 3. The summed E-state index contributed by atoms with van der Waals surface area (Å²) in [5, 5.41) is 0. The van der Waals surface area contributed by atoms with Crippen molar-refractivity contribution in [3.63, 3.8) is 0 Å². The lowest BCUT2D eigenvalue weighted by molar-refractivity contribution is -0.167. The van der Waals surface area contributed by atoms with Crippen LogP contribution in [0.4, 0.5) is 0 Å². The van der Waals surface area contributed by atoms with Crippen molar-refractivity contribution >= 4 is 17.9 Å². The third-order valence-electron chi connectivity index (χ3n) is 9.61. The van der Waals surface area contributed by atoms with E-state index in [1.807, 2.05) is 0 Å². The summed E-state index contributed by atoms with van der Waals surface area (Å²) in [6.45, 7) is 6.48. The lowest BCUT2D eigenvalue weighted by atomic mass is 10.0. The molecular weight excluding hydrogens is 612 g/mol. The molecule has 0 aromatic rings. The van der Waals surface area contributed by atoms with Crippen molar-refractivity contribution in [2.45, 2.75) is 245 Å². The van der Waals surface area contributed by atoms with E-state index in [0.717, 1.165) is 70.6 Å². The minimum atomic E-state index is -0.754. The van der Waals surface area contributed by atoms with Crippen molar-refractivity contribution < 1.29 is 28.6 Å². The minimum Gasteiger partial charge on any atom is -0.462 e. The summed E-state index contributed by atoms with van der Waals surface area (Å²) in [5.41, 5.74) is 0. The van der Waals surface area contributed by atoms with Crippen LogP contribution >= 0.6 is 0 Å². The number of hydrogen-bond donors (Lipinski definition) is 0. The van der Waals surface area contributed by atoms with E-state index in [0.29, 0.717) is 19.3 Å². The molecule has 0 bridgehead atoms. The van der Waals surface area contributed by atoms with Gasteiger partial charge in [0.2, 0.25) is 0 Å². The predicted molar refractivity (Wildman–Crippen MR) is 206 cm³/mol. The van der Waals surface area contributed by atoms with Crippen molar-refractivity contribution in [2.75, 3.05) is 13.2 Å². The first-order valence-corrected chi connectivity index (χ1v) is 21.5. The molecule has 0 N–H and O–H groups in total. The zero-order chi connectivity index (χ0) is 35.9. The topological polar surface area (TPSA) is 78.9 Å². The molecule has 0 saturated heterocycles. The van der Waals surface area contributed by atoms with Crippen LogP contribution in [-0.2, 0) is 28.6 Å². The average molecular weight is 695 g/mol. The molecule has 290 valence electrons. The fourth-order valence-electron chi connectivity index (χ4n) is 6.32. The van der Waals surface area contributed by atoms with Gasteiger partial charge in [0.05, 0.1) is 0 Å². The second-order valence-corrected chi connectivity index (χ2v) is 14.6. The van der Waals surface area contributed by atoms with Crippen LogP contribution < -0.4 is 0 Å². The van der Waals surface area contributed by atoms with Gasteiger partial charge in [0.15, 0.2) is 6.10 Å². The van der Waals surface area contributed by atoms with Crippen LogP contribution in [0.15, 0.2) is 0 Å². The smallest absolute Gasteiger partial charge is 0.306 e. The van der Waals surface area contributed by atoms with E-state index in [1.165, 1.54) is 128 Å². The Kier molecular flexibility index (Phi) is 37.9. The lowest BCUT2D eigenvalue weighted by Gasteiger charge is -2.18. The Morgan fingerprint density at radius 1 is 0.327 bits per heavy atom. The highest BCUT2D eigenvalue weighted by molar-refractivity contribution is 5.71. The minimum absolute atomic E-state index is 0.0660. The number of hydrogen-bond acceptors (Lipinski definition) is 6. The molecule has 1 unspecified atom stereocenters. The number of esters is 3. The number of rotatable bonds is 39. The van der Waals surface area contributed by atoms with Gasteiger partial charge in [-0.15, -0.1) is 0 Å². The van der Waals surface area contributed by atoms with Crippen LogP contribution in [0.25, 0.3) is 0 Å². The van der Waals surface area contributed by atoms with Crippen molar-refractivity contribution in [3.8, 4) is 0 Å². The highest BCUT2D eigenvalue weighted by Crippen LogP contribution is 2.16. The zero-order valence-corrected chi connectivity index (χ0v) is 33.0. The summed E-state index contributed by atoms with van der Waals surface area (Å²) >= 11 is 0. The maximum Gasteiger partial charge on any atom is 0.306 e. The molecule has 0 saturated carbocycles. The first kappa shape index (κ1) is 47.4. The van der Waals surface area contributed by atoms with Crippen LogP contribution in [0, 0.1) is 0 Å². The molecular formula is C43H82O6. The van der Waals surface area contributed by atoms with E-state index < -0.39 is 6.10 Å². The predicted octanol–water partition coefficient (Wildman–Crippen LogP) is 13.3. The van der Waals surface area contributed by atoms with Crippen LogP contribution in [0.3, 0.4) is 0 Å².